The summed E-state index contributed by atoms with van der Waals surface area (Å²) in [4.78, 5) is 28.2. The molecule has 26 heavy (non-hydrogen) atoms. The molecule has 0 spiro atoms. The first-order valence-electron chi connectivity index (χ1n) is 8.78. The van der Waals surface area contributed by atoms with E-state index >= 15 is 0 Å². The maximum atomic E-state index is 13.3. The quantitative estimate of drug-likeness (QED) is 0.697. The zero-order valence-corrected chi connectivity index (χ0v) is 16.4. The van der Waals surface area contributed by atoms with Crippen molar-refractivity contribution < 1.29 is 4.79 Å². The molecular weight excluding hydrogens is 346 g/mol. The molecule has 0 saturated carbocycles. The van der Waals surface area contributed by atoms with Gasteiger partial charge >= 0.3 is 0 Å². The van der Waals surface area contributed by atoms with Crippen LogP contribution in [0.5, 0.6) is 0 Å². The van der Waals surface area contributed by atoms with Crippen LogP contribution in [0.2, 0.25) is 0 Å². The van der Waals surface area contributed by atoms with Gasteiger partial charge in [0, 0.05) is 50.7 Å². The van der Waals surface area contributed by atoms with Gasteiger partial charge in [0.2, 0.25) is 0 Å². The second-order valence-corrected chi connectivity index (χ2v) is 8.01. The molecule has 1 fully saturated rings. The Balaban J connectivity index is 1.65. The highest BCUT2D eigenvalue weighted by molar-refractivity contribution is 7.20. The minimum absolute atomic E-state index is 0.109. The van der Waals surface area contributed by atoms with Gasteiger partial charge < -0.3 is 9.47 Å². The molecule has 1 unspecified atom stereocenters. The minimum Gasteiger partial charge on any atom is -0.337 e. The summed E-state index contributed by atoms with van der Waals surface area (Å²) in [6.07, 6.45) is 5.58. The lowest BCUT2D eigenvalue weighted by Gasteiger charge is -2.38. The number of rotatable bonds is 2. The lowest BCUT2D eigenvalue weighted by atomic mass is 10.1. The summed E-state index contributed by atoms with van der Waals surface area (Å²) >= 11 is 1.51. The van der Waals surface area contributed by atoms with E-state index in [1.54, 1.807) is 0 Å². The number of piperazine rings is 1. The molecule has 1 aliphatic rings. The minimum atomic E-state index is 0.109. The molecule has 1 atom stereocenters. The average molecular weight is 369 g/mol. The van der Waals surface area contributed by atoms with E-state index in [9.17, 15) is 4.79 Å². The Labute approximate surface area is 157 Å². The number of nitrogens with zero attached hydrogens (tertiary/aromatic N) is 5. The van der Waals surface area contributed by atoms with Gasteiger partial charge in [-0.25, -0.2) is 9.97 Å². The number of likely N-dealkylation sites (N-methyl/N-ethyl adjacent to an activating group) is 1. The molecule has 1 saturated heterocycles. The van der Waals surface area contributed by atoms with Crippen molar-refractivity contribution in [2.75, 3.05) is 26.7 Å². The Hall–Kier alpha value is -2.25. The van der Waals surface area contributed by atoms with Gasteiger partial charge in [-0.2, -0.15) is 0 Å². The van der Waals surface area contributed by atoms with Gasteiger partial charge in [-0.3, -0.25) is 9.69 Å². The lowest BCUT2D eigenvalue weighted by molar-refractivity contribution is 0.0533. The maximum Gasteiger partial charge on any atom is 0.264 e. The highest BCUT2D eigenvalue weighted by atomic mass is 32.1. The van der Waals surface area contributed by atoms with Gasteiger partial charge in [0.05, 0.1) is 10.9 Å². The first kappa shape index (κ1) is 17.2. The second-order valence-electron chi connectivity index (χ2n) is 7.01. The Morgan fingerprint density at radius 1 is 1.19 bits per heavy atom. The van der Waals surface area contributed by atoms with Crippen LogP contribution < -0.4 is 0 Å². The van der Waals surface area contributed by atoms with Crippen molar-refractivity contribution in [3.8, 4) is 0 Å². The van der Waals surface area contributed by atoms with E-state index in [2.05, 4.69) is 28.8 Å². The molecule has 6 nitrogen and oxygen atoms in total. The molecule has 0 radical (unpaired) electrons. The van der Waals surface area contributed by atoms with Crippen molar-refractivity contribution in [2.24, 2.45) is 7.05 Å². The van der Waals surface area contributed by atoms with Crippen LogP contribution in [-0.2, 0) is 7.05 Å². The Morgan fingerprint density at radius 3 is 2.69 bits per heavy atom. The third kappa shape index (κ3) is 2.71. The molecule has 4 heterocycles. The van der Waals surface area contributed by atoms with Gasteiger partial charge in [0.15, 0.2) is 0 Å². The molecule has 1 amide bonds. The van der Waals surface area contributed by atoms with E-state index in [1.807, 2.05) is 48.1 Å². The van der Waals surface area contributed by atoms with Gasteiger partial charge in [-0.15, -0.1) is 11.3 Å². The summed E-state index contributed by atoms with van der Waals surface area (Å²) < 4.78 is 2.03. The van der Waals surface area contributed by atoms with E-state index in [4.69, 9.17) is 0 Å². The molecule has 136 valence electrons. The summed E-state index contributed by atoms with van der Waals surface area (Å²) in [6.45, 7) is 6.33. The van der Waals surface area contributed by atoms with Gasteiger partial charge in [-0.1, -0.05) is 0 Å². The number of aryl methyl sites for hydroxylation is 3. The SMILES string of the molecule is Cc1ccnc2sc(C(=O)N3CCN(C)C(c4nccn4C)C3)c(C)c12. The van der Waals surface area contributed by atoms with Crippen LogP contribution in [0.4, 0.5) is 0 Å². The van der Waals surface area contributed by atoms with E-state index in [-0.39, 0.29) is 11.9 Å². The number of thiophene rings is 1. The van der Waals surface area contributed by atoms with Crippen molar-refractivity contribution >= 4 is 27.5 Å². The number of pyridine rings is 1. The van der Waals surface area contributed by atoms with E-state index in [0.717, 1.165) is 39.6 Å². The third-order valence-electron chi connectivity index (χ3n) is 5.32. The summed E-state index contributed by atoms with van der Waals surface area (Å²) in [6, 6.07) is 2.12. The predicted octanol–water partition coefficient (Wildman–Crippen LogP) is 2.78. The summed E-state index contributed by atoms with van der Waals surface area (Å²) in [5.41, 5.74) is 2.22. The number of hydrogen-bond acceptors (Lipinski definition) is 5. The number of imidazole rings is 1. The van der Waals surface area contributed by atoms with E-state index in [1.165, 1.54) is 16.9 Å². The fourth-order valence-corrected chi connectivity index (χ4v) is 4.93. The zero-order chi connectivity index (χ0) is 18.4. The lowest BCUT2D eigenvalue weighted by Crippen LogP contribution is -2.49. The first-order chi connectivity index (χ1) is 12.5. The maximum absolute atomic E-state index is 13.3. The Kier molecular flexibility index (Phi) is 4.28. The molecule has 0 aliphatic carbocycles. The third-order valence-corrected chi connectivity index (χ3v) is 6.51. The van der Waals surface area contributed by atoms with Gasteiger partial charge in [0.1, 0.15) is 10.7 Å². The molecule has 0 N–H and O–H groups in total. The zero-order valence-electron chi connectivity index (χ0n) is 15.6. The Morgan fingerprint density at radius 2 is 2.00 bits per heavy atom. The van der Waals surface area contributed by atoms with Crippen molar-refractivity contribution in [3.63, 3.8) is 0 Å². The normalized spacial score (nSPS) is 18.6. The predicted molar refractivity (Wildman–Crippen MR) is 104 cm³/mol. The highest BCUT2D eigenvalue weighted by Crippen LogP contribution is 2.33. The number of amides is 1. The molecule has 1 aliphatic heterocycles. The topological polar surface area (TPSA) is 54.3 Å². The van der Waals surface area contributed by atoms with Crippen LogP contribution >= 0.6 is 11.3 Å². The summed E-state index contributed by atoms with van der Waals surface area (Å²) in [7, 11) is 4.10. The van der Waals surface area contributed by atoms with Crippen molar-refractivity contribution in [2.45, 2.75) is 19.9 Å². The summed E-state index contributed by atoms with van der Waals surface area (Å²) in [5.74, 6) is 1.10. The molecular formula is C19H23N5OS. The Bertz CT molecular complexity index is 976. The largest absolute Gasteiger partial charge is 0.337 e. The fourth-order valence-electron chi connectivity index (χ4n) is 3.74. The van der Waals surface area contributed by atoms with E-state index in [0.29, 0.717) is 6.54 Å². The van der Waals surface area contributed by atoms with Crippen LogP contribution in [0.3, 0.4) is 0 Å². The number of aromatic nitrogens is 3. The number of carbonyl (C=O) groups is 1. The summed E-state index contributed by atoms with van der Waals surface area (Å²) in [5, 5.41) is 1.12. The van der Waals surface area contributed by atoms with Crippen molar-refractivity contribution in [1.29, 1.82) is 0 Å². The van der Waals surface area contributed by atoms with Crippen LogP contribution in [0.1, 0.15) is 32.7 Å². The van der Waals surface area contributed by atoms with Gasteiger partial charge in [0.25, 0.3) is 5.91 Å². The molecule has 7 heteroatoms. The van der Waals surface area contributed by atoms with Gasteiger partial charge in [-0.05, 0) is 38.1 Å². The van der Waals surface area contributed by atoms with Crippen molar-refractivity contribution in [3.05, 3.63) is 46.5 Å². The van der Waals surface area contributed by atoms with Crippen molar-refractivity contribution in [1.82, 2.24) is 24.3 Å². The molecule has 3 aromatic heterocycles. The highest BCUT2D eigenvalue weighted by Gasteiger charge is 2.32. The standard InChI is InChI=1S/C19H23N5OS/c1-12-5-6-21-18-15(12)13(2)16(26-18)19(25)24-10-9-22(3)14(11-24)17-20-7-8-23(17)4/h5-8,14H,9-11H2,1-4H3. The van der Waals surface area contributed by atoms with Crippen LogP contribution in [0, 0.1) is 13.8 Å². The smallest absolute Gasteiger partial charge is 0.264 e. The second kappa shape index (κ2) is 6.48. The number of fused-ring (bicyclic) bond motifs is 1. The number of hydrogen-bond donors (Lipinski definition) is 0. The average Bonchev–Trinajstić information content (AvgIpc) is 3.19. The van der Waals surface area contributed by atoms with Crippen LogP contribution in [0.25, 0.3) is 10.2 Å². The molecule has 4 rings (SSSR count). The first-order valence-corrected chi connectivity index (χ1v) is 9.60. The molecule has 0 aromatic carbocycles. The van der Waals surface area contributed by atoms with E-state index < -0.39 is 0 Å². The number of carbonyl (C=O) groups excluding carboxylic acids is 1. The van der Waals surface area contributed by atoms with Crippen LogP contribution in [0.15, 0.2) is 24.7 Å². The fraction of sp³-hybridized carbons (Fsp3) is 0.421. The molecule has 3 aromatic rings. The monoisotopic (exact) mass is 369 g/mol. The molecule has 0 bridgehead atoms. The van der Waals surface area contributed by atoms with Crippen LogP contribution in [-0.4, -0.2) is 56.9 Å².